The van der Waals surface area contributed by atoms with Crippen LogP contribution in [0.5, 0.6) is 0 Å². The van der Waals surface area contributed by atoms with Crippen molar-refractivity contribution in [3.63, 3.8) is 0 Å². The molecule has 1 aliphatic rings. The van der Waals surface area contributed by atoms with Gasteiger partial charge in [-0.15, -0.1) is 0 Å². The molecule has 7 heteroatoms. The lowest BCUT2D eigenvalue weighted by Crippen LogP contribution is -2.32. The Morgan fingerprint density at radius 3 is 2.80 bits per heavy atom. The maximum atomic E-state index is 12.5. The highest BCUT2D eigenvalue weighted by Crippen LogP contribution is 2.28. The van der Waals surface area contributed by atoms with Crippen LogP contribution >= 0.6 is 0 Å². The van der Waals surface area contributed by atoms with Crippen molar-refractivity contribution < 1.29 is 18.0 Å². The van der Waals surface area contributed by atoms with Crippen molar-refractivity contribution in [1.29, 1.82) is 0 Å². The Kier molecular flexibility index (Phi) is 4.35. The molecule has 0 bridgehead atoms. The summed E-state index contributed by atoms with van der Waals surface area (Å²) < 4.78 is 37.4. The molecule has 1 aromatic heterocycles. The lowest BCUT2D eigenvalue weighted by Gasteiger charge is -2.19. The van der Waals surface area contributed by atoms with E-state index in [-0.39, 0.29) is 5.69 Å². The molecule has 0 aliphatic carbocycles. The van der Waals surface area contributed by atoms with Gasteiger partial charge in [0.05, 0.1) is 0 Å². The minimum Gasteiger partial charge on any atom is -0.337 e. The molecular weight excluding hydrogens is 271 g/mol. The molecule has 1 fully saturated rings. The molecule has 1 aromatic rings. The van der Waals surface area contributed by atoms with Gasteiger partial charge in [-0.3, -0.25) is 9.89 Å². The van der Waals surface area contributed by atoms with Crippen LogP contribution in [-0.4, -0.2) is 34.1 Å². The van der Waals surface area contributed by atoms with E-state index < -0.39 is 17.8 Å². The van der Waals surface area contributed by atoms with Crippen molar-refractivity contribution >= 4 is 5.91 Å². The van der Waals surface area contributed by atoms with Gasteiger partial charge in [0.25, 0.3) is 5.91 Å². The van der Waals surface area contributed by atoms with Crippen LogP contribution in [0.4, 0.5) is 13.2 Å². The lowest BCUT2D eigenvalue weighted by atomic mass is 9.98. The first kappa shape index (κ1) is 14.9. The first-order valence-electron chi connectivity index (χ1n) is 6.83. The number of nitrogens with one attached hydrogen (secondary N) is 1. The summed E-state index contributed by atoms with van der Waals surface area (Å²) >= 11 is 0. The van der Waals surface area contributed by atoms with Crippen LogP contribution in [-0.2, 0) is 6.18 Å². The first-order valence-corrected chi connectivity index (χ1v) is 6.83. The minimum atomic E-state index is -4.50. The number of carbonyl (C=O) groups excluding carboxylic acids is 1. The fourth-order valence-electron chi connectivity index (χ4n) is 2.52. The summed E-state index contributed by atoms with van der Waals surface area (Å²) in [4.78, 5) is 13.8. The van der Waals surface area contributed by atoms with Crippen LogP contribution < -0.4 is 0 Å². The summed E-state index contributed by atoms with van der Waals surface area (Å²) in [5.74, 6) is 0.172. The molecule has 0 radical (unpaired) electrons. The van der Waals surface area contributed by atoms with E-state index in [1.807, 2.05) is 5.10 Å². The number of hydrogen-bond donors (Lipinski definition) is 1. The van der Waals surface area contributed by atoms with Crippen LogP contribution in [0.1, 0.15) is 48.8 Å². The van der Waals surface area contributed by atoms with Crippen molar-refractivity contribution in [1.82, 2.24) is 15.1 Å². The Balaban J connectivity index is 2.05. The Morgan fingerprint density at radius 1 is 1.45 bits per heavy atom. The lowest BCUT2D eigenvalue weighted by molar-refractivity contribution is -0.141. The predicted molar refractivity (Wildman–Crippen MR) is 67.1 cm³/mol. The Morgan fingerprint density at radius 2 is 2.20 bits per heavy atom. The van der Waals surface area contributed by atoms with Gasteiger partial charge in [-0.05, 0) is 25.2 Å². The van der Waals surface area contributed by atoms with Gasteiger partial charge in [0.2, 0.25) is 0 Å². The van der Waals surface area contributed by atoms with Gasteiger partial charge >= 0.3 is 6.18 Å². The molecule has 1 saturated heterocycles. The summed E-state index contributed by atoms with van der Waals surface area (Å²) in [5.41, 5.74) is -1.14. The minimum absolute atomic E-state index is 0.160. The predicted octanol–water partition coefficient (Wildman–Crippen LogP) is 3.08. The van der Waals surface area contributed by atoms with Crippen molar-refractivity contribution in [2.75, 3.05) is 13.1 Å². The third kappa shape index (κ3) is 3.32. The molecule has 1 amide bonds. The van der Waals surface area contributed by atoms with Crippen molar-refractivity contribution in [3.05, 3.63) is 17.5 Å². The number of nitrogens with zero attached hydrogens (tertiary/aromatic N) is 2. The number of amides is 1. The number of hydrogen-bond acceptors (Lipinski definition) is 2. The van der Waals surface area contributed by atoms with E-state index in [1.54, 1.807) is 4.90 Å². The van der Waals surface area contributed by atoms with E-state index in [0.29, 0.717) is 19.0 Å². The molecule has 0 saturated carbocycles. The maximum Gasteiger partial charge on any atom is 0.432 e. The van der Waals surface area contributed by atoms with E-state index >= 15 is 0 Å². The van der Waals surface area contributed by atoms with Gasteiger partial charge in [0, 0.05) is 19.2 Å². The van der Waals surface area contributed by atoms with E-state index in [9.17, 15) is 18.0 Å². The van der Waals surface area contributed by atoms with E-state index in [1.165, 1.54) is 0 Å². The SMILES string of the molecule is CCC1CCCN(C(=O)c2cc(C(F)(F)F)[nH]n2)CC1. The number of aromatic amines is 1. The van der Waals surface area contributed by atoms with Crippen LogP contribution in [0, 0.1) is 5.92 Å². The highest BCUT2D eigenvalue weighted by molar-refractivity contribution is 5.92. The highest BCUT2D eigenvalue weighted by Gasteiger charge is 2.34. The van der Waals surface area contributed by atoms with Crippen LogP contribution in [0.15, 0.2) is 6.07 Å². The van der Waals surface area contributed by atoms with Gasteiger partial charge < -0.3 is 4.90 Å². The number of carbonyl (C=O) groups is 1. The molecular formula is C13H18F3N3O. The molecule has 4 nitrogen and oxygen atoms in total. The molecule has 1 aliphatic heterocycles. The second-order valence-corrected chi connectivity index (χ2v) is 5.16. The number of H-pyrrole nitrogens is 1. The number of halogens is 3. The van der Waals surface area contributed by atoms with Gasteiger partial charge in [-0.2, -0.15) is 18.3 Å². The van der Waals surface area contributed by atoms with Gasteiger partial charge in [0.15, 0.2) is 5.69 Å². The number of rotatable bonds is 2. The quantitative estimate of drug-likeness (QED) is 0.909. The zero-order valence-corrected chi connectivity index (χ0v) is 11.3. The van der Waals surface area contributed by atoms with E-state index in [2.05, 4.69) is 12.0 Å². The topological polar surface area (TPSA) is 49.0 Å². The summed E-state index contributed by atoms with van der Waals surface area (Å²) in [7, 11) is 0. The largest absolute Gasteiger partial charge is 0.432 e. The molecule has 2 heterocycles. The van der Waals surface area contributed by atoms with Crippen LogP contribution in [0.2, 0.25) is 0 Å². The third-order valence-electron chi connectivity index (χ3n) is 3.81. The fraction of sp³-hybridized carbons (Fsp3) is 0.692. The summed E-state index contributed by atoms with van der Waals surface area (Å²) in [5, 5.41) is 5.37. The second-order valence-electron chi connectivity index (χ2n) is 5.16. The molecule has 0 spiro atoms. The average molecular weight is 289 g/mol. The molecule has 1 N–H and O–H groups in total. The fourth-order valence-corrected chi connectivity index (χ4v) is 2.52. The second kappa shape index (κ2) is 5.85. The molecule has 1 atom stereocenters. The van der Waals surface area contributed by atoms with Crippen molar-refractivity contribution in [2.24, 2.45) is 5.92 Å². The van der Waals surface area contributed by atoms with Crippen LogP contribution in [0.25, 0.3) is 0 Å². The first-order chi connectivity index (χ1) is 9.41. The molecule has 1 unspecified atom stereocenters. The van der Waals surface area contributed by atoms with Gasteiger partial charge in [-0.25, -0.2) is 0 Å². The summed E-state index contributed by atoms with van der Waals surface area (Å²) in [6, 6.07) is 0.782. The zero-order chi connectivity index (χ0) is 14.8. The molecule has 2 rings (SSSR count). The standard InChI is InChI=1S/C13H18F3N3O/c1-2-9-4-3-6-19(7-5-9)12(20)10-8-11(18-17-10)13(14,15)16/h8-9H,2-7H2,1H3,(H,17,18). The van der Waals surface area contributed by atoms with E-state index in [0.717, 1.165) is 31.7 Å². The van der Waals surface area contributed by atoms with Gasteiger partial charge in [0.1, 0.15) is 5.69 Å². The zero-order valence-electron chi connectivity index (χ0n) is 11.3. The summed E-state index contributed by atoms with van der Waals surface area (Å²) in [6.45, 7) is 3.29. The van der Waals surface area contributed by atoms with Gasteiger partial charge in [-0.1, -0.05) is 13.3 Å². The Hall–Kier alpha value is -1.53. The average Bonchev–Trinajstić information content (AvgIpc) is 2.77. The smallest absolute Gasteiger partial charge is 0.337 e. The molecule has 0 aromatic carbocycles. The highest BCUT2D eigenvalue weighted by atomic mass is 19.4. The third-order valence-corrected chi connectivity index (χ3v) is 3.81. The number of likely N-dealkylation sites (tertiary alicyclic amines) is 1. The van der Waals surface area contributed by atoms with Crippen molar-refractivity contribution in [3.8, 4) is 0 Å². The Labute approximate surface area is 115 Å². The Bertz CT molecular complexity index is 470. The normalized spacial score (nSPS) is 20.8. The van der Waals surface area contributed by atoms with Crippen LogP contribution in [0.3, 0.4) is 0 Å². The summed E-state index contributed by atoms with van der Waals surface area (Å²) in [6.07, 6.45) is -0.575. The van der Waals surface area contributed by atoms with E-state index in [4.69, 9.17) is 0 Å². The number of alkyl halides is 3. The monoisotopic (exact) mass is 289 g/mol. The molecule has 20 heavy (non-hydrogen) atoms. The number of aromatic nitrogens is 2. The maximum absolute atomic E-state index is 12.5. The van der Waals surface area contributed by atoms with Crippen molar-refractivity contribution in [2.45, 2.75) is 38.8 Å². The molecule has 112 valence electrons.